The largest absolute Gasteiger partial charge is 0.493 e. The molecule has 1 atom stereocenters. The molecule has 0 aliphatic rings. The van der Waals surface area contributed by atoms with Crippen molar-refractivity contribution in [3.63, 3.8) is 0 Å². The Bertz CT molecular complexity index is 1110. The number of methoxy groups -OCH3 is 2. The normalized spacial score (nSPS) is 11.4. The van der Waals surface area contributed by atoms with Crippen LogP contribution in [0.2, 0.25) is 0 Å². The Morgan fingerprint density at radius 3 is 2.43 bits per heavy atom. The van der Waals surface area contributed by atoms with Gasteiger partial charge in [-0.15, -0.1) is 0 Å². The summed E-state index contributed by atoms with van der Waals surface area (Å²) in [4.78, 5) is 16.1. The van der Waals surface area contributed by atoms with Gasteiger partial charge in [0.2, 0.25) is 0 Å². The molecule has 0 saturated heterocycles. The van der Waals surface area contributed by atoms with E-state index in [2.05, 4.69) is 11.1 Å². The number of benzene rings is 2. The van der Waals surface area contributed by atoms with Gasteiger partial charge in [0, 0.05) is 16.7 Å². The van der Waals surface area contributed by atoms with E-state index >= 15 is 0 Å². The van der Waals surface area contributed by atoms with Crippen molar-refractivity contribution in [3.8, 4) is 40.0 Å². The zero-order valence-corrected chi connectivity index (χ0v) is 17.6. The second-order valence-electron chi connectivity index (χ2n) is 6.35. The Hall–Kier alpha value is -3.50. The van der Waals surface area contributed by atoms with Gasteiger partial charge in [0.15, 0.2) is 11.5 Å². The first kappa shape index (κ1) is 21.2. The van der Waals surface area contributed by atoms with Crippen LogP contribution in [0.1, 0.15) is 12.5 Å². The molecule has 3 rings (SSSR count). The lowest BCUT2D eigenvalue weighted by Gasteiger charge is -2.17. The molecule has 0 bridgehead atoms. The van der Waals surface area contributed by atoms with Crippen molar-refractivity contribution in [2.45, 2.75) is 17.2 Å². The molecule has 152 valence electrons. The summed E-state index contributed by atoms with van der Waals surface area (Å²) in [5, 5.41) is 18.9. The van der Waals surface area contributed by atoms with Crippen molar-refractivity contribution in [2.75, 3.05) is 14.2 Å². The van der Waals surface area contributed by atoms with Gasteiger partial charge >= 0.3 is 5.97 Å². The molecule has 2 aromatic carbocycles. The number of aliphatic carboxylic acids is 1. The summed E-state index contributed by atoms with van der Waals surface area (Å²) >= 11 is 1.04. The second kappa shape index (κ2) is 9.33. The number of ether oxygens (including phenoxy) is 2. The van der Waals surface area contributed by atoms with E-state index in [1.807, 2.05) is 48.5 Å². The molecule has 0 fully saturated rings. The first-order valence-electron chi connectivity index (χ1n) is 9.11. The van der Waals surface area contributed by atoms with Crippen molar-refractivity contribution < 1.29 is 19.4 Å². The van der Waals surface area contributed by atoms with Gasteiger partial charge in [-0.2, -0.15) is 5.26 Å². The average Bonchev–Trinajstić information content (AvgIpc) is 2.78. The van der Waals surface area contributed by atoms with Gasteiger partial charge in [-0.05, 0) is 19.1 Å². The maximum Gasteiger partial charge on any atom is 0.316 e. The third-order valence-electron chi connectivity index (χ3n) is 4.50. The molecule has 0 spiro atoms. The summed E-state index contributed by atoms with van der Waals surface area (Å²) in [6.45, 7) is 1.57. The van der Waals surface area contributed by atoms with Gasteiger partial charge < -0.3 is 14.6 Å². The number of pyridine rings is 1. The summed E-state index contributed by atoms with van der Waals surface area (Å²) in [5.74, 6) is 0.0466. The summed E-state index contributed by atoms with van der Waals surface area (Å²) in [6, 6.07) is 19.0. The molecule has 0 saturated carbocycles. The zero-order chi connectivity index (χ0) is 21.7. The average molecular weight is 420 g/mol. The van der Waals surface area contributed by atoms with E-state index in [1.165, 1.54) is 7.11 Å². The fraction of sp³-hybridized carbons (Fsp3) is 0.174. The van der Waals surface area contributed by atoms with Crippen molar-refractivity contribution >= 4 is 17.7 Å². The lowest BCUT2D eigenvalue weighted by molar-refractivity contribution is -0.136. The molecule has 0 aliphatic heterocycles. The monoisotopic (exact) mass is 420 g/mol. The molecule has 0 amide bonds. The van der Waals surface area contributed by atoms with Gasteiger partial charge in [-0.25, -0.2) is 4.98 Å². The zero-order valence-electron chi connectivity index (χ0n) is 16.7. The minimum Gasteiger partial charge on any atom is -0.493 e. The Morgan fingerprint density at radius 2 is 1.83 bits per heavy atom. The number of hydrogen-bond acceptors (Lipinski definition) is 6. The smallest absolute Gasteiger partial charge is 0.316 e. The van der Waals surface area contributed by atoms with Crippen LogP contribution in [0.25, 0.3) is 22.4 Å². The summed E-state index contributed by atoms with van der Waals surface area (Å²) < 4.78 is 11.0. The van der Waals surface area contributed by atoms with Crippen LogP contribution in [0.3, 0.4) is 0 Å². The van der Waals surface area contributed by atoms with Crippen LogP contribution in [0.5, 0.6) is 11.5 Å². The van der Waals surface area contributed by atoms with Crippen LogP contribution in [-0.4, -0.2) is 35.5 Å². The van der Waals surface area contributed by atoms with E-state index in [0.29, 0.717) is 38.9 Å². The number of carbonyl (C=O) groups is 1. The van der Waals surface area contributed by atoms with Crippen molar-refractivity contribution in [1.29, 1.82) is 5.26 Å². The highest BCUT2D eigenvalue weighted by Gasteiger charge is 2.23. The molecule has 7 heteroatoms. The fourth-order valence-corrected chi connectivity index (χ4v) is 3.86. The third kappa shape index (κ3) is 4.24. The number of rotatable bonds is 7. The predicted octanol–water partition coefficient (Wildman–Crippen LogP) is 4.87. The first-order valence-corrected chi connectivity index (χ1v) is 9.99. The maximum absolute atomic E-state index is 11.4. The Kier molecular flexibility index (Phi) is 6.60. The van der Waals surface area contributed by atoms with Gasteiger partial charge in [0.1, 0.15) is 16.3 Å². The molecule has 1 unspecified atom stereocenters. The van der Waals surface area contributed by atoms with Crippen molar-refractivity contribution in [3.05, 3.63) is 60.2 Å². The van der Waals surface area contributed by atoms with Crippen molar-refractivity contribution in [2.24, 2.45) is 0 Å². The van der Waals surface area contributed by atoms with Gasteiger partial charge in [-0.3, -0.25) is 4.79 Å². The predicted molar refractivity (Wildman–Crippen MR) is 116 cm³/mol. The van der Waals surface area contributed by atoms with Crippen LogP contribution in [0, 0.1) is 11.3 Å². The molecule has 30 heavy (non-hydrogen) atoms. The molecule has 0 radical (unpaired) electrons. The summed E-state index contributed by atoms with van der Waals surface area (Å²) in [5.41, 5.74) is 3.05. The van der Waals surface area contributed by atoms with Crippen LogP contribution in [-0.2, 0) is 4.79 Å². The molecule has 1 N–H and O–H groups in total. The number of thioether (sulfide) groups is 1. The highest BCUT2D eigenvalue weighted by molar-refractivity contribution is 8.00. The topological polar surface area (TPSA) is 92.4 Å². The van der Waals surface area contributed by atoms with E-state index in [0.717, 1.165) is 17.3 Å². The summed E-state index contributed by atoms with van der Waals surface area (Å²) in [6.07, 6.45) is 0. The highest BCUT2D eigenvalue weighted by atomic mass is 32.2. The van der Waals surface area contributed by atoms with E-state index in [1.54, 1.807) is 20.1 Å². The Morgan fingerprint density at radius 1 is 1.10 bits per heavy atom. The molecular weight excluding hydrogens is 400 g/mol. The van der Waals surface area contributed by atoms with Gasteiger partial charge in [0.05, 0.1) is 25.5 Å². The molecular formula is C23H20N2O4S. The standard InChI is InChI=1S/C23H20N2O4S/c1-14(23(26)27)30-22-18(13-24)17(12-19(25-22)15-8-5-4-6-9-15)16-10-7-11-20(28-2)21(16)29-3/h4-12,14H,1-3H3,(H,26,27). The second-order valence-corrected chi connectivity index (χ2v) is 7.68. The lowest BCUT2D eigenvalue weighted by atomic mass is 9.98. The van der Waals surface area contributed by atoms with Crippen LogP contribution in [0.4, 0.5) is 0 Å². The SMILES string of the molecule is COc1cccc(-c2cc(-c3ccccc3)nc(SC(C)C(=O)O)c2C#N)c1OC. The van der Waals surface area contributed by atoms with Crippen LogP contribution in [0.15, 0.2) is 59.6 Å². The number of nitriles is 1. The van der Waals surface area contributed by atoms with E-state index < -0.39 is 11.2 Å². The first-order chi connectivity index (χ1) is 14.5. The number of aromatic nitrogens is 1. The summed E-state index contributed by atoms with van der Waals surface area (Å²) in [7, 11) is 3.08. The minimum atomic E-state index is -0.976. The number of carboxylic acid groups (broad SMARTS) is 1. The van der Waals surface area contributed by atoms with Crippen LogP contribution < -0.4 is 9.47 Å². The molecule has 3 aromatic rings. The highest BCUT2D eigenvalue weighted by Crippen LogP contribution is 2.42. The Labute approximate surface area is 179 Å². The Balaban J connectivity index is 2.31. The minimum absolute atomic E-state index is 0.291. The maximum atomic E-state index is 11.4. The number of hydrogen-bond donors (Lipinski definition) is 1. The van der Waals surface area contributed by atoms with Crippen LogP contribution >= 0.6 is 11.8 Å². The number of para-hydroxylation sites is 1. The third-order valence-corrected chi connectivity index (χ3v) is 5.57. The lowest BCUT2D eigenvalue weighted by Crippen LogP contribution is -2.12. The fourth-order valence-electron chi connectivity index (χ4n) is 3.00. The molecule has 6 nitrogen and oxygen atoms in total. The van der Waals surface area contributed by atoms with E-state index in [9.17, 15) is 15.2 Å². The van der Waals surface area contributed by atoms with Crippen molar-refractivity contribution in [1.82, 2.24) is 4.98 Å². The number of carboxylic acids is 1. The molecule has 1 heterocycles. The molecule has 1 aromatic heterocycles. The van der Waals surface area contributed by atoms with E-state index in [-0.39, 0.29) is 0 Å². The van der Waals surface area contributed by atoms with Gasteiger partial charge in [0.25, 0.3) is 0 Å². The quantitative estimate of drug-likeness (QED) is 0.545. The van der Waals surface area contributed by atoms with E-state index in [4.69, 9.17) is 9.47 Å². The molecule has 0 aliphatic carbocycles. The van der Waals surface area contributed by atoms with Gasteiger partial charge in [-0.1, -0.05) is 54.2 Å². The number of nitrogens with zero attached hydrogens (tertiary/aromatic N) is 2.